The lowest BCUT2D eigenvalue weighted by Gasteiger charge is -2.48. The van der Waals surface area contributed by atoms with Crippen LogP contribution < -0.4 is 16.0 Å². The first-order chi connectivity index (χ1) is 21.0. The van der Waals surface area contributed by atoms with Crippen LogP contribution in [0.4, 0.5) is 0 Å². The van der Waals surface area contributed by atoms with Crippen LogP contribution in [0.2, 0.25) is 5.02 Å². The lowest BCUT2D eigenvalue weighted by Crippen LogP contribution is -2.59. The van der Waals surface area contributed by atoms with Crippen molar-refractivity contribution in [1.29, 1.82) is 0 Å². The molecule has 1 saturated heterocycles. The Balaban J connectivity index is 1.31. The molecule has 10 heteroatoms. The quantitative estimate of drug-likeness (QED) is 0.398. The average molecular weight is 623 g/mol. The van der Waals surface area contributed by atoms with Crippen LogP contribution in [0.15, 0.2) is 36.7 Å². The zero-order valence-corrected chi connectivity index (χ0v) is 27.1. The van der Waals surface area contributed by atoms with E-state index in [1.165, 1.54) is 6.42 Å². The molecular formula is C34H47ClN6O3. The highest BCUT2D eigenvalue weighted by atomic mass is 35.5. The molecule has 1 aromatic carbocycles. The minimum Gasteiger partial charge on any atom is -0.351 e. The topological polar surface area (TPSA) is 116 Å². The molecule has 2 fully saturated rings. The van der Waals surface area contributed by atoms with Gasteiger partial charge in [0.25, 0.3) is 0 Å². The zero-order valence-electron chi connectivity index (χ0n) is 26.3. The van der Waals surface area contributed by atoms with E-state index in [0.29, 0.717) is 43.3 Å². The van der Waals surface area contributed by atoms with Crippen LogP contribution in [0.25, 0.3) is 0 Å². The lowest BCUT2D eigenvalue weighted by atomic mass is 9.63. The van der Waals surface area contributed by atoms with Gasteiger partial charge in [-0.25, -0.2) is 0 Å². The Hall–Kier alpha value is -3.04. The van der Waals surface area contributed by atoms with Crippen LogP contribution in [-0.2, 0) is 27.2 Å². The molecule has 3 heterocycles. The highest BCUT2D eigenvalue weighted by molar-refractivity contribution is 6.30. The molecule has 3 N–H and O–H groups in total. The number of hydrogen-bond acceptors (Lipinski definition) is 6. The van der Waals surface area contributed by atoms with Crippen LogP contribution in [0, 0.1) is 11.3 Å². The molecule has 3 aliphatic rings. The summed E-state index contributed by atoms with van der Waals surface area (Å²) < 4.78 is 0. The second kappa shape index (κ2) is 13.9. The first-order valence-electron chi connectivity index (χ1n) is 16.2. The van der Waals surface area contributed by atoms with Crippen LogP contribution in [0.3, 0.4) is 0 Å². The summed E-state index contributed by atoms with van der Waals surface area (Å²) in [5.74, 6) is 0.123. The van der Waals surface area contributed by atoms with Crippen molar-refractivity contribution < 1.29 is 14.4 Å². The monoisotopic (exact) mass is 622 g/mol. The molecule has 1 saturated carbocycles. The molecule has 0 spiro atoms. The number of nitrogens with zero attached hydrogens (tertiary/aromatic N) is 3. The Kier molecular flexibility index (Phi) is 10.3. The fraction of sp³-hybridized carbons (Fsp3) is 0.618. The summed E-state index contributed by atoms with van der Waals surface area (Å²) in [5, 5.41) is 10.3. The summed E-state index contributed by atoms with van der Waals surface area (Å²) in [6, 6.07) is 6.39. The first kappa shape index (κ1) is 32.4. The fourth-order valence-electron chi connectivity index (χ4n) is 7.27. The van der Waals surface area contributed by atoms with Crippen molar-refractivity contribution in [1.82, 2.24) is 30.8 Å². The van der Waals surface area contributed by atoms with Crippen molar-refractivity contribution in [2.45, 2.75) is 103 Å². The van der Waals surface area contributed by atoms with Gasteiger partial charge in [0.15, 0.2) is 0 Å². The molecule has 2 unspecified atom stereocenters. The van der Waals surface area contributed by atoms with E-state index in [9.17, 15) is 14.4 Å². The number of piperidine rings is 1. The molecule has 9 nitrogen and oxygen atoms in total. The van der Waals surface area contributed by atoms with E-state index in [0.717, 1.165) is 55.6 Å². The summed E-state index contributed by atoms with van der Waals surface area (Å²) >= 11 is 6.13. The van der Waals surface area contributed by atoms with Gasteiger partial charge in [0.1, 0.15) is 6.04 Å². The highest BCUT2D eigenvalue weighted by Crippen LogP contribution is 2.46. The Morgan fingerprint density at radius 3 is 2.41 bits per heavy atom. The second-order valence-corrected chi connectivity index (χ2v) is 14.3. The van der Waals surface area contributed by atoms with E-state index in [1.54, 1.807) is 24.5 Å². The van der Waals surface area contributed by atoms with Gasteiger partial charge in [-0.2, -0.15) is 0 Å². The lowest BCUT2D eigenvalue weighted by molar-refractivity contribution is -0.147. The number of rotatable bonds is 8. The Bertz CT molecular complexity index is 1310. The summed E-state index contributed by atoms with van der Waals surface area (Å²) in [4.78, 5) is 52.2. The molecule has 5 rings (SSSR count). The number of carbonyl (C=O) groups is 3. The molecule has 238 valence electrons. The molecule has 44 heavy (non-hydrogen) atoms. The molecule has 1 aliphatic carbocycles. The van der Waals surface area contributed by atoms with E-state index in [2.05, 4.69) is 25.9 Å². The third-order valence-electron chi connectivity index (χ3n) is 9.56. The minimum atomic E-state index is -0.737. The van der Waals surface area contributed by atoms with Gasteiger partial charge >= 0.3 is 0 Å². The minimum absolute atomic E-state index is 0.112. The summed E-state index contributed by atoms with van der Waals surface area (Å²) in [6.45, 7) is 7.78. The molecule has 2 aliphatic heterocycles. The molecule has 2 atom stereocenters. The highest BCUT2D eigenvalue weighted by Gasteiger charge is 2.49. The van der Waals surface area contributed by atoms with Gasteiger partial charge in [0.05, 0.1) is 22.8 Å². The molecular weight excluding hydrogens is 576 g/mol. The second-order valence-electron chi connectivity index (χ2n) is 13.8. The van der Waals surface area contributed by atoms with Gasteiger partial charge < -0.3 is 20.9 Å². The molecule has 0 bridgehead atoms. The average Bonchev–Trinajstić information content (AvgIpc) is 3.01. The van der Waals surface area contributed by atoms with Gasteiger partial charge in [0.2, 0.25) is 17.7 Å². The standard InChI is InChI=1S/C34H47ClN6O3/c1-33(2,3)40-32(44)34(24-7-5-4-6-8-24)14-19-41(20-15-34)31(43)28(21-23-9-11-25(35)12-10-23)39-29(42)22-27-30-26(13-16-36-27)37-17-18-38-30/h9-12,17-18,24,27-28,36H,4-8,13-16,19-22H2,1-3H3,(H,39,42)(H,40,44). The van der Waals surface area contributed by atoms with Gasteiger partial charge in [-0.05, 0) is 70.1 Å². The van der Waals surface area contributed by atoms with Crippen molar-refractivity contribution in [3.63, 3.8) is 0 Å². The summed E-state index contributed by atoms with van der Waals surface area (Å²) in [6.07, 6.45) is 11.5. The van der Waals surface area contributed by atoms with Crippen LogP contribution in [-0.4, -0.2) is 63.8 Å². The van der Waals surface area contributed by atoms with Crippen molar-refractivity contribution in [3.8, 4) is 0 Å². The number of nitrogens with one attached hydrogen (secondary N) is 3. The third-order valence-corrected chi connectivity index (χ3v) is 9.81. The van der Waals surface area contributed by atoms with Crippen molar-refractivity contribution in [2.75, 3.05) is 19.6 Å². The summed E-state index contributed by atoms with van der Waals surface area (Å²) in [7, 11) is 0. The maximum Gasteiger partial charge on any atom is 0.245 e. The van der Waals surface area contributed by atoms with Crippen molar-refractivity contribution in [3.05, 3.63) is 58.6 Å². The fourth-order valence-corrected chi connectivity index (χ4v) is 7.40. The summed E-state index contributed by atoms with van der Waals surface area (Å²) in [5.41, 5.74) is 1.82. The maximum absolute atomic E-state index is 14.1. The largest absolute Gasteiger partial charge is 0.351 e. The Morgan fingerprint density at radius 2 is 1.73 bits per heavy atom. The predicted octanol–water partition coefficient (Wildman–Crippen LogP) is 4.54. The van der Waals surface area contributed by atoms with Gasteiger partial charge in [-0.1, -0.05) is 43.0 Å². The van der Waals surface area contributed by atoms with E-state index in [4.69, 9.17) is 11.6 Å². The number of benzene rings is 1. The number of carbonyl (C=O) groups excluding carboxylic acids is 3. The number of aromatic nitrogens is 2. The normalized spacial score (nSPS) is 21.2. The molecule has 2 aromatic rings. The van der Waals surface area contributed by atoms with Gasteiger partial charge in [-0.15, -0.1) is 0 Å². The van der Waals surface area contributed by atoms with E-state index in [1.807, 2.05) is 37.8 Å². The number of likely N-dealkylation sites (tertiary alicyclic amines) is 1. The van der Waals surface area contributed by atoms with Crippen LogP contribution >= 0.6 is 11.6 Å². The van der Waals surface area contributed by atoms with Crippen molar-refractivity contribution >= 4 is 29.3 Å². The smallest absolute Gasteiger partial charge is 0.245 e. The van der Waals surface area contributed by atoms with Gasteiger partial charge in [-0.3, -0.25) is 24.4 Å². The number of amides is 3. The van der Waals surface area contributed by atoms with E-state index in [-0.39, 0.29) is 35.7 Å². The SMILES string of the molecule is CC(C)(C)NC(=O)C1(C2CCCCC2)CCN(C(=O)C(Cc2ccc(Cl)cc2)NC(=O)CC2NCCc3nccnc32)CC1. The Labute approximate surface area is 266 Å². The molecule has 0 radical (unpaired) electrons. The predicted molar refractivity (Wildman–Crippen MR) is 171 cm³/mol. The van der Waals surface area contributed by atoms with Crippen LogP contribution in [0.1, 0.15) is 95.1 Å². The Morgan fingerprint density at radius 1 is 1.05 bits per heavy atom. The van der Waals surface area contributed by atoms with Crippen LogP contribution in [0.5, 0.6) is 0 Å². The molecule has 1 aromatic heterocycles. The van der Waals surface area contributed by atoms with E-state index >= 15 is 0 Å². The van der Waals surface area contributed by atoms with E-state index < -0.39 is 11.5 Å². The number of halogens is 1. The number of fused-ring (bicyclic) bond motifs is 1. The van der Waals surface area contributed by atoms with Crippen molar-refractivity contribution in [2.24, 2.45) is 11.3 Å². The van der Waals surface area contributed by atoms with Gasteiger partial charge in [0, 0.05) is 61.9 Å². The number of hydrogen-bond donors (Lipinski definition) is 3. The zero-order chi connectivity index (χ0) is 31.3. The maximum atomic E-state index is 14.1. The third kappa shape index (κ3) is 7.78. The first-order valence-corrected chi connectivity index (χ1v) is 16.6. The molecule has 3 amide bonds.